The molecule has 21 heavy (non-hydrogen) atoms. The molecular weight excluding hydrogens is 275 g/mol. The highest BCUT2D eigenvalue weighted by molar-refractivity contribution is 7.73. The van der Waals surface area contributed by atoms with Crippen LogP contribution in [-0.2, 0) is 0 Å². The van der Waals surface area contributed by atoms with Gasteiger partial charge in [-0.15, -0.1) is 0 Å². The van der Waals surface area contributed by atoms with Gasteiger partial charge < -0.3 is 5.11 Å². The van der Waals surface area contributed by atoms with Crippen molar-refractivity contribution in [2.24, 2.45) is 5.92 Å². The molecule has 1 nitrogen and oxygen atoms in total. The topological polar surface area (TPSA) is 20.2 Å². The van der Waals surface area contributed by atoms with Crippen LogP contribution in [0.1, 0.15) is 26.2 Å². The molecule has 3 atom stereocenters. The van der Waals surface area contributed by atoms with E-state index in [2.05, 4.69) is 67.6 Å². The van der Waals surface area contributed by atoms with E-state index < -0.39 is 7.92 Å². The van der Waals surface area contributed by atoms with Gasteiger partial charge in [-0.05, 0) is 42.9 Å². The predicted molar refractivity (Wildman–Crippen MR) is 91.9 cm³/mol. The van der Waals surface area contributed by atoms with Crippen molar-refractivity contribution in [1.29, 1.82) is 0 Å². The molecule has 0 saturated heterocycles. The van der Waals surface area contributed by atoms with Crippen LogP contribution in [-0.4, -0.2) is 16.9 Å². The summed E-state index contributed by atoms with van der Waals surface area (Å²) >= 11 is 0. The van der Waals surface area contributed by atoms with Gasteiger partial charge in [0.05, 0.1) is 6.10 Å². The molecular formula is C19H23OP. The number of aliphatic hydroxyl groups excluding tert-OH is 1. The van der Waals surface area contributed by atoms with E-state index in [9.17, 15) is 5.11 Å². The minimum atomic E-state index is -0.410. The Kier molecular flexibility index (Phi) is 4.73. The van der Waals surface area contributed by atoms with Crippen molar-refractivity contribution in [2.75, 3.05) is 0 Å². The van der Waals surface area contributed by atoms with Gasteiger partial charge in [0.1, 0.15) is 0 Å². The maximum absolute atomic E-state index is 10.3. The van der Waals surface area contributed by atoms with Gasteiger partial charge in [0.2, 0.25) is 0 Å². The number of hydrogen-bond donors (Lipinski definition) is 1. The zero-order chi connectivity index (χ0) is 14.7. The first-order chi connectivity index (χ1) is 10.3. The van der Waals surface area contributed by atoms with E-state index in [1.54, 1.807) is 0 Å². The van der Waals surface area contributed by atoms with Gasteiger partial charge >= 0.3 is 0 Å². The molecule has 0 spiro atoms. The van der Waals surface area contributed by atoms with E-state index >= 15 is 0 Å². The Bertz CT molecular complexity index is 515. The lowest BCUT2D eigenvalue weighted by atomic mass is 10.0. The zero-order valence-electron chi connectivity index (χ0n) is 12.5. The lowest BCUT2D eigenvalue weighted by molar-refractivity contribution is 0.133. The molecule has 110 valence electrons. The fraction of sp³-hybridized carbons (Fsp3) is 0.368. The first-order valence-corrected chi connectivity index (χ1v) is 9.26. The van der Waals surface area contributed by atoms with Crippen molar-refractivity contribution >= 4 is 18.5 Å². The van der Waals surface area contributed by atoms with Crippen LogP contribution in [0.5, 0.6) is 0 Å². The average Bonchev–Trinajstić information content (AvgIpc) is 2.96. The van der Waals surface area contributed by atoms with Crippen molar-refractivity contribution in [1.82, 2.24) is 0 Å². The zero-order valence-corrected chi connectivity index (χ0v) is 13.4. The van der Waals surface area contributed by atoms with Gasteiger partial charge in [-0.25, -0.2) is 0 Å². The first kappa shape index (κ1) is 14.8. The first-order valence-electron chi connectivity index (χ1n) is 7.85. The molecule has 2 aromatic carbocycles. The SMILES string of the molecule is C[C@@H]([C@H]1CCC[C@@H]1O)P(c1ccccc1)c1ccccc1. The second-order valence-electron chi connectivity index (χ2n) is 5.94. The summed E-state index contributed by atoms with van der Waals surface area (Å²) in [5.41, 5.74) is 0.516. The summed E-state index contributed by atoms with van der Waals surface area (Å²) in [7, 11) is -0.410. The monoisotopic (exact) mass is 298 g/mol. The van der Waals surface area contributed by atoms with Crippen molar-refractivity contribution < 1.29 is 5.11 Å². The molecule has 1 saturated carbocycles. The van der Waals surface area contributed by atoms with E-state index in [1.807, 2.05) is 0 Å². The summed E-state index contributed by atoms with van der Waals surface area (Å²) in [6.45, 7) is 2.34. The Balaban J connectivity index is 1.96. The smallest absolute Gasteiger partial charge is 0.0574 e. The van der Waals surface area contributed by atoms with Crippen molar-refractivity contribution in [3.8, 4) is 0 Å². The molecule has 3 rings (SSSR count). The summed E-state index contributed by atoms with van der Waals surface area (Å²) in [6.07, 6.45) is 3.20. The third-order valence-electron chi connectivity index (χ3n) is 4.63. The van der Waals surface area contributed by atoms with Crippen molar-refractivity contribution in [3.05, 3.63) is 60.7 Å². The normalized spacial score (nSPS) is 23.4. The van der Waals surface area contributed by atoms with Crippen LogP contribution in [0.2, 0.25) is 0 Å². The summed E-state index contributed by atoms with van der Waals surface area (Å²) in [6, 6.07) is 21.7. The largest absolute Gasteiger partial charge is 0.393 e. The quantitative estimate of drug-likeness (QED) is 0.854. The molecule has 0 bridgehead atoms. The molecule has 0 unspecified atom stereocenters. The molecule has 0 heterocycles. The Hall–Kier alpha value is -1.17. The predicted octanol–water partition coefficient (Wildman–Crippen LogP) is 3.67. The fourth-order valence-corrected chi connectivity index (χ4v) is 6.48. The van der Waals surface area contributed by atoms with Crippen molar-refractivity contribution in [2.45, 2.75) is 37.9 Å². The highest BCUT2D eigenvalue weighted by atomic mass is 31.1. The minimum Gasteiger partial charge on any atom is -0.393 e. The van der Waals surface area contributed by atoms with E-state index in [0.717, 1.165) is 6.42 Å². The van der Waals surface area contributed by atoms with Crippen LogP contribution >= 0.6 is 7.92 Å². The van der Waals surface area contributed by atoms with E-state index in [4.69, 9.17) is 0 Å². The molecule has 2 heteroatoms. The molecule has 2 aromatic rings. The number of hydrogen-bond acceptors (Lipinski definition) is 1. The maximum Gasteiger partial charge on any atom is 0.0574 e. The molecule has 1 aliphatic carbocycles. The third kappa shape index (κ3) is 3.20. The third-order valence-corrected chi connectivity index (χ3v) is 7.53. The number of benzene rings is 2. The van der Waals surface area contributed by atoms with Crippen LogP contribution < -0.4 is 10.6 Å². The maximum atomic E-state index is 10.3. The molecule has 1 N–H and O–H groups in total. The standard InChI is InChI=1S/C19H23OP/c1-15(18-13-8-14-19(18)20)21(16-9-4-2-5-10-16)17-11-6-3-7-12-17/h2-7,9-12,15,18-20H,8,13-14H2,1H3/t15-,18+,19-/m0/s1. The molecule has 0 aliphatic heterocycles. The summed E-state index contributed by atoms with van der Waals surface area (Å²) in [4.78, 5) is 0. The molecule has 0 amide bonds. The van der Waals surface area contributed by atoms with Crippen LogP contribution in [0.3, 0.4) is 0 Å². The van der Waals surface area contributed by atoms with Gasteiger partial charge in [-0.2, -0.15) is 0 Å². The fourth-order valence-electron chi connectivity index (χ4n) is 3.52. The van der Waals surface area contributed by atoms with Gasteiger partial charge in [0.25, 0.3) is 0 Å². The second-order valence-corrected chi connectivity index (χ2v) is 8.53. The summed E-state index contributed by atoms with van der Waals surface area (Å²) in [5, 5.41) is 13.2. The van der Waals surface area contributed by atoms with Crippen LogP contribution in [0.25, 0.3) is 0 Å². The average molecular weight is 298 g/mol. The highest BCUT2D eigenvalue weighted by Gasteiger charge is 2.35. The minimum absolute atomic E-state index is 0.113. The van der Waals surface area contributed by atoms with Crippen LogP contribution in [0, 0.1) is 5.92 Å². The Labute approximate surface area is 128 Å². The lowest BCUT2D eigenvalue weighted by Crippen LogP contribution is -2.30. The lowest BCUT2D eigenvalue weighted by Gasteiger charge is -2.31. The Morgan fingerprint density at radius 1 is 0.905 bits per heavy atom. The summed E-state index contributed by atoms with van der Waals surface area (Å²) < 4.78 is 0. The molecule has 0 radical (unpaired) electrons. The molecule has 1 aliphatic rings. The van der Waals surface area contributed by atoms with Crippen LogP contribution in [0.4, 0.5) is 0 Å². The van der Waals surface area contributed by atoms with E-state index in [0.29, 0.717) is 11.6 Å². The van der Waals surface area contributed by atoms with Crippen LogP contribution in [0.15, 0.2) is 60.7 Å². The van der Waals surface area contributed by atoms with Gasteiger partial charge in [0.15, 0.2) is 0 Å². The molecule has 0 aromatic heterocycles. The summed E-state index contributed by atoms with van der Waals surface area (Å²) in [5.74, 6) is 0.441. The van der Waals surface area contributed by atoms with E-state index in [1.165, 1.54) is 23.5 Å². The Morgan fingerprint density at radius 3 is 1.86 bits per heavy atom. The van der Waals surface area contributed by atoms with Gasteiger partial charge in [-0.3, -0.25) is 0 Å². The van der Waals surface area contributed by atoms with Gasteiger partial charge in [-0.1, -0.05) is 74.0 Å². The number of rotatable bonds is 4. The second kappa shape index (κ2) is 6.73. The number of aliphatic hydroxyl groups is 1. The van der Waals surface area contributed by atoms with Gasteiger partial charge in [0, 0.05) is 0 Å². The highest BCUT2D eigenvalue weighted by Crippen LogP contribution is 2.47. The Morgan fingerprint density at radius 2 is 1.43 bits per heavy atom. The van der Waals surface area contributed by atoms with E-state index in [-0.39, 0.29) is 6.10 Å². The molecule has 1 fully saturated rings. The van der Waals surface area contributed by atoms with Crippen molar-refractivity contribution in [3.63, 3.8) is 0 Å².